The predicted octanol–water partition coefficient (Wildman–Crippen LogP) is 2.82. The monoisotopic (exact) mass is 363 g/mol. The zero-order valence-electron chi connectivity index (χ0n) is 13.3. The van der Waals surface area contributed by atoms with Gasteiger partial charge in [0.25, 0.3) is 0 Å². The molecule has 0 fully saturated rings. The quantitative estimate of drug-likeness (QED) is 0.907. The van der Waals surface area contributed by atoms with Crippen molar-refractivity contribution >= 4 is 38.7 Å². The highest BCUT2D eigenvalue weighted by molar-refractivity contribution is 7.92. The number of nitrogens with one attached hydrogen (secondary N) is 1. The maximum atomic E-state index is 11.9. The van der Waals surface area contributed by atoms with Crippen LogP contribution in [0, 0.1) is 0 Å². The lowest BCUT2D eigenvalue weighted by molar-refractivity contribution is -0.130. The molecule has 0 spiro atoms. The van der Waals surface area contributed by atoms with E-state index in [1.807, 2.05) is 23.6 Å². The second-order valence-corrected chi connectivity index (χ2v) is 8.33. The third kappa shape index (κ3) is 3.65. The van der Waals surface area contributed by atoms with Crippen molar-refractivity contribution in [3.63, 3.8) is 0 Å². The number of hydrogen-bond donors (Lipinski definition) is 1. The van der Waals surface area contributed by atoms with Crippen molar-refractivity contribution in [1.82, 2.24) is 5.01 Å². The maximum Gasteiger partial charge on any atom is 0.240 e. The van der Waals surface area contributed by atoms with Gasteiger partial charge in [-0.15, -0.1) is 11.3 Å². The zero-order chi connectivity index (χ0) is 17.3. The van der Waals surface area contributed by atoms with Gasteiger partial charge in [-0.05, 0) is 29.1 Å². The van der Waals surface area contributed by atoms with Gasteiger partial charge in [-0.1, -0.05) is 18.2 Å². The van der Waals surface area contributed by atoms with Crippen LogP contribution in [0.25, 0.3) is 0 Å². The number of carbonyl (C=O) groups excluding carboxylic acids is 1. The molecule has 1 N–H and O–H groups in total. The van der Waals surface area contributed by atoms with Crippen molar-refractivity contribution in [1.29, 1.82) is 0 Å². The Labute approximate surface area is 144 Å². The van der Waals surface area contributed by atoms with Crippen LogP contribution in [0.5, 0.6) is 0 Å². The average Bonchev–Trinajstić information content (AvgIpc) is 3.15. The van der Waals surface area contributed by atoms with Crippen LogP contribution in [0.2, 0.25) is 0 Å². The number of hydrazone groups is 1. The van der Waals surface area contributed by atoms with E-state index >= 15 is 0 Å². The molecule has 24 heavy (non-hydrogen) atoms. The summed E-state index contributed by atoms with van der Waals surface area (Å²) in [5, 5.41) is 7.94. The summed E-state index contributed by atoms with van der Waals surface area (Å²) in [7, 11) is -3.34. The Hall–Kier alpha value is -2.19. The summed E-state index contributed by atoms with van der Waals surface area (Å²) in [5.41, 5.74) is 2.04. The molecule has 8 heteroatoms. The van der Waals surface area contributed by atoms with E-state index in [9.17, 15) is 13.2 Å². The Morgan fingerprint density at radius 2 is 2.12 bits per heavy atom. The molecule has 0 radical (unpaired) electrons. The van der Waals surface area contributed by atoms with E-state index in [4.69, 9.17) is 0 Å². The second-order valence-electron chi connectivity index (χ2n) is 5.60. The Bertz CT molecular complexity index is 889. The summed E-state index contributed by atoms with van der Waals surface area (Å²) in [4.78, 5) is 13.0. The molecule has 1 amide bonds. The molecule has 2 heterocycles. The van der Waals surface area contributed by atoms with Crippen molar-refractivity contribution in [2.24, 2.45) is 5.10 Å². The van der Waals surface area contributed by atoms with Crippen LogP contribution >= 0.6 is 11.3 Å². The number of carbonyl (C=O) groups is 1. The lowest BCUT2D eigenvalue weighted by atomic mass is 10.0. The number of benzene rings is 1. The number of nitrogens with zero attached hydrogens (tertiary/aromatic N) is 2. The molecule has 0 saturated carbocycles. The summed E-state index contributed by atoms with van der Waals surface area (Å²) >= 11 is 1.59. The molecule has 1 aromatic carbocycles. The molecule has 1 aliphatic rings. The highest BCUT2D eigenvalue weighted by Crippen LogP contribution is 2.35. The van der Waals surface area contributed by atoms with E-state index in [1.165, 1.54) is 11.9 Å². The van der Waals surface area contributed by atoms with Gasteiger partial charge < -0.3 is 0 Å². The van der Waals surface area contributed by atoms with Gasteiger partial charge in [-0.3, -0.25) is 9.52 Å². The normalized spacial score (nSPS) is 17.7. The van der Waals surface area contributed by atoms with Crippen LogP contribution in [-0.2, 0) is 14.8 Å². The summed E-state index contributed by atoms with van der Waals surface area (Å²) in [6, 6.07) is 10.9. The minimum atomic E-state index is -3.34. The van der Waals surface area contributed by atoms with Crippen molar-refractivity contribution in [2.45, 2.75) is 19.4 Å². The topological polar surface area (TPSA) is 78.8 Å². The molecular formula is C16H17N3O3S2. The van der Waals surface area contributed by atoms with E-state index < -0.39 is 10.0 Å². The van der Waals surface area contributed by atoms with Crippen LogP contribution in [-0.4, -0.2) is 31.3 Å². The van der Waals surface area contributed by atoms with Gasteiger partial charge in [0.2, 0.25) is 15.9 Å². The lowest BCUT2D eigenvalue weighted by Crippen LogP contribution is -2.23. The van der Waals surface area contributed by atoms with Crippen molar-refractivity contribution in [3.8, 4) is 0 Å². The highest BCUT2D eigenvalue weighted by Gasteiger charge is 2.32. The van der Waals surface area contributed by atoms with E-state index in [2.05, 4.69) is 9.82 Å². The minimum absolute atomic E-state index is 0.107. The van der Waals surface area contributed by atoms with E-state index in [-0.39, 0.29) is 11.9 Å². The van der Waals surface area contributed by atoms with Crippen molar-refractivity contribution in [2.75, 3.05) is 11.0 Å². The second kappa shape index (κ2) is 6.37. The van der Waals surface area contributed by atoms with Crippen LogP contribution < -0.4 is 4.72 Å². The highest BCUT2D eigenvalue weighted by atomic mass is 32.2. The zero-order valence-corrected chi connectivity index (χ0v) is 14.9. The molecule has 0 unspecified atom stereocenters. The number of hydrogen-bond acceptors (Lipinski definition) is 5. The fourth-order valence-corrected chi connectivity index (χ4v) is 4.02. The fraction of sp³-hybridized carbons (Fsp3) is 0.250. The Morgan fingerprint density at radius 3 is 2.75 bits per heavy atom. The van der Waals surface area contributed by atoms with Crippen molar-refractivity contribution < 1.29 is 13.2 Å². The number of amides is 1. The number of anilines is 1. The molecule has 0 bridgehead atoms. The summed E-state index contributed by atoms with van der Waals surface area (Å²) < 4.78 is 25.2. The van der Waals surface area contributed by atoms with E-state index in [0.717, 1.165) is 22.4 Å². The smallest absolute Gasteiger partial charge is 0.240 e. The standard InChI is InChI=1S/C16H17N3O3S2/c1-11(20)19-15(16-7-4-8-23-16)10-14(17-19)12-5-3-6-13(9-12)18-24(2,21)22/h3-9,15,18H,10H2,1-2H3/t15-/m0/s1. The average molecular weight is 363 g/mol. The molecule has 1 aromatic heterocycles. The largest absolute Gasteiger partial charge is 0.284 e. The predicted molar refractivity (Wildman–Crippen MR) is 95.6 cm³/mol. The molecule has 2 aromatic rings. The Balaban J connectivity index is 1.91. The third-order valence-corrected chi connectivity index (χ3v) is 5.18. The first-order valence-corrected chi connectivity index (χ1v) is 10.1. The van der Waals surface area contributed by atoms with Gasteiger partial charge in [0.15, 0.2) is 0 Å². The lowest BCUT2D eigenvalue weighted by Gasteiger charge is -2.18. The van der Waals surface area contributed by atoms with Crippen LogP contribution in [0.15, 0.2) is 46.9 Å². The number of rotatable bonds is 4. The molecule has 1 aliphatic heterocycles. The fourth-order valence-electron chi connectivity index (χ4n) is 2.65. The van der Waals surface area contributed by atoms with Crippen LogP contribution in [0.1, 0.15) is 29.8 Å². The summed E-state index contributed by atoms with van der Waals surface area (Å²) in [6.45, 7) is 1.49. The first-order chi connectivity index (χ1) is 11.3. The van der Waals surface area contributed by atoms with Gasteiger partial charge in [-0.25, -0.2) is 13.4 Å². The van der Waals surface area contributed by atoms with E-state index in [1.54, 1.807) is 29.5 Å². The maximum absolute atomic E-state index is 11.9. The van der Waals surface area contributed by atoms with Gasteiger partial charge >= 0.3 is 0 Å². The van der Waals surface area contributed by atoms with Gasteiger partial charge in [-0.2, -0.15) is 5.10 Å². The molecular weight excluding hydrogens is 346 g/mol. The molecule has 1 atom stereocenters. The first kappa shape index (κ1) is 16.7. The Morgan fingerprint density at radius 1 is 1.33 bits per heavy atom. The summed E-state index contributed by atoms with van der Waals surface area (Å²) in [6.07, 6.45) is 1.71. The molecule has 0 saturated heterocycles. The minimum Gasteiger partial charge on any atom is -0.284 e. The van der Waals surface area contributed by atoms with Gasteiger partial charge in [0, 0.05) is 23.9 Å². The third-order valence-electron chi connectivity index (χ3n) is 3.60. The van der Waals surface area contributed by atoms with Crippen LogP contribution in [0.4, 0.5) is 5.69 Å². The molecule has 126 valence electrons. The molecule has 3 rings (SSSR count). The SMILES string of the molecule is CC(=O)N1N=C(c2cccc(NS(C)(=O)=O)c2)C[C@H]1c1cccs1. The first-order valence-electron chi connectivity index (χ1n) is 7.32. The van der Waals surface area contributed by atoms with Gasteiger partial charge in [0.1, 0.15) is 0 Å². The number of sulfonamides is 1. The molecule has 6 nitrogen and oxygen atoms in total. The summed E-state index contributed by atoms with van der Waals surface area (Å²) in [5.74, 6) is -0.117. The van der Waals surface area contributed by atoms with Crippen molar-refractivity contribution in [3.05, 3.63) is 52.2 Å². The number of thiophene rings is 1. The van der Waals surface area contributed by atoms with E-state index in [0.29, 0.717) is 12.1 Å². The Kier molecular flexibility index (Phi) is 4.42. The molecule has 0 aliphatic carbocycles. The van der Waals surface area contributed by atoms with Crippen LogP contribution in [0.3, 0.4) is 0 Å². The van der Waals surface area contributed by atoms with Gasteiger partial charge in [0.05, 0.1) is 18.0 Å².